The van der Waals surface area contributed by atoms with Gasteiger partial charge in [0.15, 0.2) is 0 Å². The van der Waals surface area contributed by atoms with Crippen molar-refractivity contribution in [3.63, 3.8) is 0 Å². The Labute approximate surface area is 179 Å². The van der Waals surface area contributed by atoms with Gasteiger partial charge in [-0.1, -0.05) is 17.7 Å². The van der Waals surface area contributed by atoms with E-state index < -0.39 is 27.3 Å². The van der Waals surface area contributed by atoms with Gasteiger partial charge in [0.2, 0.25) is 0 Å². The SMILES string of the molecule is Cc1ccc(S(=O)(=O)OCCC(C)(C)Oc2ccc(C(=O)OC(C)(C)C)cc2)cc1. The summed E-state index contributed by atoms with van der Waals surface area (Å²) in [6.07, 6.45) is 0.353. The zero-order valence-corrected chi connectivity index (χ0v) is 19.2. The number of ether oxygens (including phenoxy) is 2. The van der Waals surface area contributed by atoms with Crippen molar-refractivity contribution in [1.29, 1.82) is 0 Å². The van der Waals surface area contributed by atoms with Crippen molar-refractivity contribution in [2.75, 3.05) is 6.61 Å². The molecule has 0 N–H and O–H groups in total. The Morgan fingerprint density at radius 1 is 0.900 bits per heavy atom. The van der Waals surface area contributed by atoms with Gasteiger partial charge in [-0.2, -0.15) is 8.42 Å². The molecule has 0 fully saturated rings. The second-order valence-electron chi connectivity index (χ2n) is 8.73. The number of aryl methyl sites for hydroxylation is 1. The highest BCUT2D eigenvalue weighted by molar-refractivity contribution is 7.86. The lowest BCUT2D eigenvalue weighted by atomic mass is 10.1. The number of carbonyl (C=O) groups is 1. The molecule has 0 radical (unpaired) electrons. The van der Waals surface area contributed by atoms with Gasteiger partial charge in [-0.15, -0.1) is 0 Å². The summed E-state index contributed by atoms with van der Waals surface area (Å²) in [5.41, 5.74) is 0.174. The highest BCUT2D eigenvalue weighted by Crippen LogP contribution is 2.23. The Morgan fingerprint density at radius 2 is 1.47 bits per heavy atom. The van der Waals surface area contributed by atoms with E-state index in [1.54, 1.807) is 36.4 Å². The van der Waals surface area contributed by atoms with E-state index in [0.717, 1.165) is 5.56 Å². The first-order valence-electron chi connectivity index (χ1n) is 9.76. The lowest BCUT2D eigenvalue weighted by Gasteiger charge is -2.26. The van der Waals surface area contributed by atoms with Gasteiger partial charge >= 0.3 is 5.97 Å². The number of hydrogen-bond donors (Lipinski definition) is 0. The Kier molecular flexibility index (Phi) is 7.31. The minimum absolute atomic E-state index is 0.0147. The first kappa shape index (κ1) is 23.9. The molecule has 2 aromatic rings. The van der Waals surface area contributed by atoms with Gasteiger partial charge in [0, 0.05) is 6.42 Å². The molecule has 30 heavy (non-hydrogen) atoms. The summed E-state index contributed by atoms with van der Waals surface area (Å²) in [5.74, 6) is 0.164. The summed E-state index contributed by atoms with van der Waals surface area (Å²) in [5, 5.41) is 0. The molecule has 0 unspecified atom stereocenters. The van der Waals surface area contributed by atoms with Gasteiger partial charge in [-0.25, -0.2) is 4.79 Å². The van der Waals surface area contributed by atoms with Gasteiger partial charge in [-0.05, 0) is 77.9 Å². The summed E-state index contributed by atoms with van der Waals surface area (Å²) in [7, 11) is -3.81. The molecule has 0 aliphatic carbocycles. The molecular formula is C23H30O6S. The largest absolute Gasteiger partial charge is 0.488 e. The molecule has 0 aliphatic rings. The van der Waals surface area contributed by atoms with Crippen LogP contribution in [0.1, 0.15) is 57.0 Å². The van der Waals surface area contributed by atoms with Crippen LogP contribution in [0.5, 0.6) is 5.75 Å². The summed E-state index contributed by atoms with van der Waals surface area (Å²) in [6, 6.07) is 13.1. The fraction of sp³-hybridized carbons (Fsp3) is 0.435. The van der Waals surface area contributed by atoms with E-state index in [-0.39, 0.29) is 11.5 Å². The van der Waals surface area contributed by atoms with Gasteiger partial charge in [0.1, 0.15) is 17.0 Å². The third kappa shape index (κ3) is 7.46. The lowest BCUT2D eigenvalue weighted by molar-refractivity contribution is 0.00694. The maximum Gasteiger partial charge on any atom is 0.338 e. The Balaban J connectivity index is 1.92. The molecule has 0 spiro atoms. The Morgan fingerprint density at radius 3 is 2.00 bits per heavy atom. The quantitative estimate of drug-likeness (QED) is 0.434. The molecule has 7 heteroatoms. The molecule has 6 nitrogen and oxygen atoms in total. The maximum atomic E-state index is 12.3. The first-order chi connectivity index (χ1) is 13.8. The highest BCUT2D eigenvalue weighted by atomic mass is 32.2. The molecule has 0 aliphatic heterocycles. The van der Waals surface area contributed by atoms with E-state index in [9.17, 15) is 13.2 Å². The van der Waals surface area contributed by atoms with Crippen LogP contribution in [0.4, 0.5) is 0 Å². The van der Waals surface area contributed by atoms with Crippen molar-refractivity contribution in [2.24, 2.45) is 0 Å². The molecule has 2 rings (SSSR count). The zero-order chi connectivity index (χ0) is 22.6. The zero-order valence-electron chi connectivity index (χ0n) is 18.4. The average molecular weight is 435 g/mol. The second-order valence-corrected chi connectivity index (χ2v) is 10.3. The van der Waals surface area contributed by atoms with Crippen molar-refractivity contribution in [1.82, 2.24) is 0 Å². The smallest absolute Gasteiger partial charge is 0.338 e. The van der Waals surface area contributed by atoms with Crippen LogP contribution in [0.2, 0.25) is 0 Å². The van der Waals surface area contributed by atoms with Crippen LogP contribution in [-0.4, -0.2) is 32.2 Å². The van der Waals surface area contributed by atoms with Crippen LogP contribution in [0.25, 0.3) is 0 Å². The molecule has 0 bridgehead atoms. The monoisotopic (exact) mass is 434 g/mol. The number of benzene rings is 2. The molecule has 164 valence electrons. The third-order valence-electron chi connectivity index (χ3n) is 4.14. The standard InChI is InChI=1S/C23H30O6S/c1-17-7-13-20(14-8-17)30(25,26)27-16-15-23(5,6)28-19-11-9-18(10-12-19)21(24)29-22(2,3)4/h7-14H,15-16H2,1-6H3. The minimum Gasteiger partial charge on any atom is -0.488 e. The Bertz CT molecular complexity index is 952. The lowest BCUT2D eigenvalue weighted by Crippen LogP contribution is -2.30. The van der Waals surface area contributed by atoms with Gasteiger partial charge < -0.3 is 9.47 Å². The molecule has 0 aromatic heterocycles. The Hall–Kier alpha value is -2.38. The number of hydrogen-bond acceptors (Lipinski definition) is 6. The van der Waals surface area contributed by atoms with Crippen molar-refractivity contribution in [2.45, 2.75) is 64.1 Å². The van der Waals surface area contributed by atoms with E-state index in [1.165, 1.54) is 12.1 Å². The van der Waals surface area contributed by atoms with E-state index in [4.69, 9.17) is 13.7 Å². The van der Waals surface area contributed by atoms with Gasteiger partial charge in [0.25, 0.3) is 10.1 Å². The van der Waals surface area contributed by atoms with Crippen LogP contribution in [-0.2, 0) is 19.0 Å². The van der Waals surface area contributed by atoms with Crippen molar-refractivity contribution >= 4 is 16.1 Å². The van der Waals surface area contributed by atoms with Crippen LogP contribution < -0.4 is 4.74 Å². The van der Waals surface area contributed by atoms with Crippen LogP contribution in [0, 0.1) is 6.92 Å². The van der Waals surface area contributed by atoms with E-state index in [1.807, 2.05) is 41.5 Å². The van der Waals surface area contributed by atoms with Gasteiger partial charge in [-0.3, -0.25) is 4.18 Å². The van der Waals surface area contributed by atoms with Crippen LogP contribution >= 0.6 is 0 Å². The molecule has 0 heterocycles. The predicted octanol–water partition coefficient (Wildman–Crippen LogP) is 4.90. The predicted molar refractivity (Wildman–Crippen MR) is 115 cm³/mol. The fourth-order valence-electron chi connectivity index (χ4n) is 2.54. The van der Waals surface area contributed by atoms with Crippen molar-refractivity contribution in [3.8, 4) is 5.75 Å². The fourth-order valence-corrected chi connectivity index (χ4v) is 3.44. The summed E-state index contributed by atoms with van der Waals surface area (Å²) in [6.45, 7) is 11.0. The molecule has 0 saturated carbocycles. The van der Waals surface area contributed by atoms with Crippen molar-refractivity contribution in [3.05, 3.63) is 59.7 Å². The second kappa shape index (κ2) is 9.18. The number of rotatable bonds is 8. The van der Waals surface area contributed by atoms with Gasteiger partial charge in [0.05, 0.1) is 17.1 Å². The molecule has 0 amide bonds. The molecule has 0 atom stereocenters. The molecule has 0 saturated heterocycles. The van der Waals surface area contributed by atoms with E-state index in [2.05, 4.69) is 0 Å². The van der Waals surface area contributed by atoms with E-state index in [0.29, 0.717) is 17.7 Å². The normalized spacial score (nSPS) is 12.5. The average Bonchev–Trinajstić information content (AvgIpc) is 2.60. The summed E-state index contributed by atoms with van der Waals surface area (Å²) >= 11 is 0. The van der Waals surface area contributed by atoms with E-state index >= 15 is 0 Å². The topological polar surface area (TPSA) is 78.9 Å². The first-order valence-corrected chi connectivity index (χ1v) is 11.2. The number of esters is 1. The molecule has 2 aromatic carbocycles. The third-order valence-corrected chi connectivity index (χ3v) is 5.46. The molecular weight excluding hydrogens is 404 g/mol. The van der Waals surface area contributed by atoms with Crippen LogP contribution in [0.15, 0.2) is 53.4 Å². The maximum absolute atomic E-state index is 12.3. The summed E-state index contributed by atoms with van der Waals surface area (Å²) < 4.78 is 41.0. The number of carbonyl (C=O) groups excluding carboxylic acids is 1. The highest BCUT2D eigenvalue weighted by Gasteiger charge is 2.23. The minimum atomic E-state index is -3.81. The van der Waals surface area contributed by atoms with Crippen molar-refractivity contribution < 1.29 is 26.9 Å². The van der Waals surface area contributed by atoms with Crippen LogP contribution in [0.3, 0.4) is 0 Å². The summed E-state index contributed by atoms with van der Waals surface area (Å²) in [4.78, 5) is 12.2.